The van der Waals surface area contributed by atoms with Gasteiger partial charge in [0.25, 0.3) is 5.91 Å². The summed E-state index contributed by atoms with van der Waals surface area (Å²) in [5.41, 5.74) is 1.15. The summed E-state index contributed by atoms with van der Waals surface area (Å²) in [5.74, 6) is 0.195. The molecule has 1 rings (SSSR count). The summed E-state index contributed by atoms with van der Waals surface area (Å²) in [6.45, 7) is 8.48. The normalized spacial score (nSPS) is 12.8. The Morgan fingerprint density at radius 3 is 2.59 bits per heavy atom. The standard InChI is InChI=1S/C13H21NO2S/c1-8(2)11(15)5-6-14-13(16)12-7-9(3)10(4)17-12/h7-8,11,15H,5-6H2,1-4H3,(H,14,16). The van der Waals surface area contributed by atoms with Crippen LogP contribution in [0.5, 0.6) is 0 Å². The van der Waals surface area contributed by atoms with Crippen LogP contribution >= 0.6 is 11.3 Å². The highest BCUT2D eigenvalue weighted by Crippen LogP contribution is 2.20. The molecule has 1 atom stereocenters. The number of aliphatic hydroxyl groups is 1. The second-order valence-corrected chi connectivity index (χ2v) is 5.96. The lowest BCUT2D eigenvalue weighted by Gasteiger charge is -2.14. The fourth-order valence-electron chi connectivity index (χ4n) is 1.44. The van der Waals surface area contributed by atoms with Crippen molar-refractivity contribution in [1.29, 1.82) is 0 Å². The Morgan fingerprint density at radius 2 is 2.12 bits per heavy atom. The summed E-state index contributed by atoms with van der Waals surface area (Å²) in [6, 6.07) is 1.91. The van der Waals surface area contributed by atoms with Crippen molar-refractivity contribution in [2.45, 2.75) is 40.2 Å². The van der Waals surface area contributed by atoms with Crippen molar-refractivity contribution in [3.63, 3.8) is 0 Å². The van der Waals surface area contributed by atoms with Gasteiger partial charge in [-0.1, -0.05) is 13.8 Å². The Labute approximate surface area is 107 Å². The summed E-state index contributed by atoms with van der Waals surface area (Å²) >= 11 is 1.51. The van der Waals surface area contributed by atoms with Gasteiger partial charge in [0.1, 0.15) is 0 Å². The number of nitrogens with one attached hydrogen (secondary N) is 1. The highest BCUT2D eigenvalue weighted by Gasteiger charge is 2.12. The number of carbonyl (C=O) groups excluding carboxylic acids is 1. The first-order chi connectivity index (χ1) is 7.91. The molecule has 96 valence electrons. The fraction of sp³-hybridized carbons (Fsp3) is 0.615. The smallest absolute Gasteiger partial charge is 0.261 e. The molecule has 0 aliphatic heterocycles. The fourth-order valence-corrected chi connectivity index (χ4v) is 2.39. The van der Waals surface area contributed by atoms with Crippen LogP contribution < -0.4 is 5.32 Å². The third kappa shape index (κ3) is 4.13. The lowest BCUT2D eigenvalue weighted by Crippen LogP contribution is -2.28. The first-order valence-electron chi connectivity index (χ1n) is 5.95. The van der Waals surface area contributed by atoms with Crippen molar-refractivity contribution >= 4 is 17.2 Å². The molecule has 0 aromatic carbocycles. The van der Waals surface area contributed by atoms with Gasteiger partial charge in [-0.05, 0) is 37.8 Å². The van der Waals surface area contributed by atoms with Crippen LogP contribution in [0.3, 0.4) is 0 Å². The third-order valence-corrected chi connectivity index (χ3v) is 4.04. The SMILES string of the molecule is Cc1cc(C(=O)NCCC(O)C(C)C)sc1C. The van der Waals surface area contributed by atoms with Gasteiger partial charge in [0.15, 0.2) is 0 Å². The van der Waals surface area contributed by atoms with Crippen LogP contribution in [0.1, 0.15) is 40.4 Å². The van der Waals surface area contributed by atoms with E-state index in [1.165, 1.54) is 16.2 Å². The molecule has 0 aliphatic rings. The van der Waals surface area contributed by atoms with Crippen LogP contribution in [0.25, 0.3) is 0 Å². The van der Waals surface area contributed by atoms with Crippen molar-refractivity contribution in [1.82, 2.24) is 5.32 Å². The highest BCUT2D eigenvalue weighted by molar-refractivity contribution is 7.14. The first-order valence-corrected chi connectivity index (χ1v) is 6.76. The van der Waals surface area contributed by atoms with Gasteiger partial charge in [-0.3, -0.25) is 4.79 Å². The van der Waals surface area contributed by atoms with Gasteiger partial charge in [0.2, 0.25) is 0 Å². The molecule has 0 bridgehead atoms. The summed E-state index contributed by atoms with van der Waals surface area (Å²) in [4.78, 5) is 13.7. The van der Waals surface area contributed by atoms with Crippen LogP contribution in [0, 0.1) is 19.8 Å². The average molecular weight is 255 g/mol. The molecule has 4 heteroatoms. The maximum atomic E-state index is 11.8. The topological polar surface area (TPSA) is 49.3 Å². The molecule has 3 nitrogen and oxygen atoms in total. The maximum absolute atomic E-state index is 11.8. The number of aryl methyl sites for hydroxylation is 2. The number of thiophene rings is 1. The minimum atomic E-state index is -0.345. The lowest BCUT2D eigenvalue weighted by molar-refractivity contribution is 0.0924. The van der Waals surface area contributed by atoms with Gasteiger partial charge in [-0.2, -0.15) is 0 Å². The second-order valence-electron chi connectivity index (χ2n) is 4.71. The molecule has 1 aromatic heterocycles. The molecular formula is C13H21NO2S. The molecule has 0 aliphatic carbocycles. The predicted octanol–water partition coefficient (Wildman–Crippen LogP) is 2.50. The Kier molecular flexibility index (Phi) is 5.15. The van der Waals surface area contributed by atoms with E-state index in [0.717, 1.165) is 10.4 Å². The molecule has 0 saturated carbocycles. The number of hydrogen-bond donors (Lipinski definition) is 2. The maximum Gasteiger partial charge on any atom is 0.261 e. The minimum absolute atomic E-state index is 0.0397. The Balaban J connectivity index is 2.40. The minimum Gasteiger partial charge on any atom is -0.393 e. The largest absolute Gasteiger partial charge is 0.393 e. The molecule has 0 radical (unpaired) electrons. The number of hydrogen-bond acceptors (Lipinski definition) is 3. The van der Waals surface area contributed by atoms with E-state index in [-0.39, 0.29) is 17.9 Å². The van der Waals surface area contributed by atoms with Crippen LogP contribution in [-0.2, 0) is 0 Å². The molecule has 2 N–H and O–H groups in total. The molecule has 1 aromatic rings. The molecule has 0 spiro atoms. The second kappa shape index (κ2) is 6.17. The number of amides is 1. The van der Waals surface area contributed by atoms with Gasteiger partial charge in [-0.25, -0.2) is 0 Å². The number of aliphatic hydroxyl groups excluding tert-OH is 1. The zero-order chi connectivity index (χ0) is 13.0. The van der Waals surface area contributed by atoms with Crippen molar-refractivity contribution < 1.29 is 9.90 Å². The summed E-state index contributed by atoms with van der Waals surface area (Å²) < 4.78 is 0. The average Bonchev–Trinajstić information content (AvgIpc) is 2.59. The summed E-state index contributed by atoms with van der Waals surface area (Å²) in [7, 11) is 0. The Hall–Kier alpha value is -0.870. The van der Waals surface area contributed by atoms with Gasteiger partial charge in [0, 0.05) is 11.4 Å². The van der Waals surface area contributed by atoms with Gasteiger partial charge in [-0.15, -0.1) is 11.3 Å². The van der Waals surface area contributed by atoms with E-state index in [9.17, 15) is 9.90 Å². The third-order valence-electron chi connectivity index (χ3n) is 2.88. The monoisotopic (exact) mass is 255 g/mol. The predicted molar refractivity (Wildman–Crippen MR) is 71.6 cm³/mol. The van der Waals surface area contributed by atoms with E-state index in [0.29, 0.717) is 13.0 Å². The van der Waals surface area contributed by atoms with Crippen LogP contribution in [-0.4, -0.2) is 23.7 Å². The summed E-state index contributed by atoms with van der Waals surface area (Å²) in [6.07, 6.45) is 0.259. The molecule has 17 heavy (non-hydrogen) atoms. The van der Waals surface area contributed by atoms with E-state index < -0.39 is 0 Å². The van der Waals surface area contributed by atoms with Crippen LogP contribution in [0.2, 0.25) is 0 Å². The highest BCUT2D eigenvalue weighted by atomic mass is 32.1. The molecule has 0 saturated heterocycles. The van der Waals surface area contributed by atoms with E-state index in [1.54, 1.807) is 0 Å². The molecular weight excluding hydrogens is 234 g/mol. The van der Waals surface area contributed by atoms with E-state index in [2.05, 4.69) is 5.32 Å². The van der Waals surface area contributed by atoms with Crippen molar-refractivity contribution in [3.8, 4) is 0 Å². The lowest BCUT2D eigenvalue weighted by atomic mass is 10.0. The van der Waals surface area contributed by atoms with Crippen molar-refractivity contribution in [3.05, 3.63) is 21.4 Å². The first kappa shape index (κ1) is 14.2. The number of carbonyl (C=O) groups is 1. The van der Waals surface area contributed by atoms with Crippen LogP contribution in [0.15, 0.2) is 6.07 Å². The van der Waals surface area contributed by atoms with E-state index in [4.69, 9.17) is 0 Å². The Bertz CT molecular complexity index is 365. The van der Waals surface area contributed by atoms with Gasteiger partial charge < -0.3 is 10.4 Å². The van der Waals surface area contributed by atoms with Crippen molar-refractivity contribution in [2.75, 3.05) is 6.54 Å². The van der Waals surface area contributed by atoms with Crippen LogP contribution in [0.4, 0.5) is 0 Å². The van der Waals surface area contributed by atoms with Gasteiger partial charge >= 0.3 is 0 Å². The van der Waals surface area contributed by atoms with Gasteiger partial charge in [0.05, 0.1) is 11.0 Å². The molecule has 1 amide bonds. The van der Waals surface area contributed by atoms with Crippen molar-refractivity contribution in [2.24, 2.45) is 5.92 Å². The zero-order valence-electron chi connectivity index (χ0n) is 10.9. The summed E-state index contributed by atoms with van der Waals surface area (Å²) in [5, 5.41) is 12.4. The zero-order valence-corrected chi connectivity index (χ0v) is 11.7. The quantitative estimate of drug-likeness (QED) is 0.849. The molecule has 0 fully saturated rings. The van der Waals surface area contributed by atoms with E-state index >= 15 is 0 Å². The molecule has 1 unspecified atom stereocenters. The molecule has 1 heterocycles. The number of rotatable bonds is 5. The Morgan fingerprint density at radius 1 is 1.47 bits per heavy atom. The van der Waals surface area contributed by atoms with E-state index in [1.807, 2.05) is 33.8 Å².